The molecule has 0 aliphatic heterocycles. The molecule has 0 aliphatic rings. The Hall–Kier alpha value is -1.23. The Bertz CT molecular complexity index is 208. The number of carboxylic acid groups (broad SMARTS) is 1. The molecule has 0 bridgehead atoms. The summed E-state index contributed by atoms with van der Waals surface area (Å²) >= 11 is 0. The van der Waals surface area contributed by atoms with Gasteiger partial charge in [-0.3, -0.25) is 14.4 Å². The van der Waals surface area contributed by atoms with E-state index in [0.29, 0.717) is 0 Å². The van der Waals surface area contributed by atoms with Crippen molar-refractivity contribution in [2.45, 2.75) is 25.9 Å². The Labute approximate surface area is 69.0 Å². The number of hydrogen-bond acceptors (Lipinski definition) is 4. The van der Waals surface area contributed by atoms with E-state index in [1.807, 2.05) is 0 Å². The number of hydrogen-bond donors (Lipinski definition) is 2. The lowest BCUT2D eigenvalue weighted by Gasteiger charge is -2.02. The topological polar surface area (TPSA) is 91.7 Å². The fourth-order valence-corrected chi connectivity index (χ4v) is 0.594. The van der Waals surface area contributed by atoms with E-state index in [-0.39, 0.29) is 12.8 Å². The highest BCUT2D eigenvalue weighted by atomic mass is 16.4. The average Bonchev–Trinajstić information content (AvgIpc) is 1.98. The van der Waals surface area contributed by atoms with Crippen molar-refractivity contribution in [2.24, 2.45) is 0 Å². The van der Waals surface area contributed by atoms with Crippen molar-refractivity contribution in [3.63, 3.8) is 0 Å². The van der Waals surface area contributed by atoms with E-state index in [9.17, 15) is 14.4 Å². The maximum atomic E-state index is 10.8. The largest absolute Gasteiger partial charge is 0.481 e. The molecule has 0 aliphatic carbocycles. The van der Waals surface area contributed by atoms with Gasteiger partial charge in [0, 0.05) is 6.42 Å². The third-order valence-electron chi connectivity index (χ3n) is 1.28. The molecule has 0 saturated heterocycles. The van der Waals surface area contributed by atoms with Crippen molar-refractivity contribution in [1.82, 2.24) is 0 Å². The van der Waals surface area contributed by atoms with Gasteiger partial charge in [0.1, 0.15) is 0 Å². The summed E-state index contributed by atoms with van der Waals surface area (Å²) in [6.45, 7) is 1.07. The number of carboxylic acids is 1. The van der Waals surface area contributed by atoms with Crippen LogP contribution in [0.2, 0.25) is 0 Å². The summed E-state index contributed by atoms with van der Waals surface area (Å²) < 4.78 is 0. The Morgan fingerprint density at radius 1 is 1.25 bits per heavy atom. The molecule has 1 unspecified atom stereocenters. The highest BCUT2D eigenvalue weighted by Crippen LogP contribution is 1.97. The van der Waals surface area contributed by atoms with Gasteiger partial charge >= 0.3 is 5.97 Å². The van der Waals surface area contributed by atoms with Crippen LogP contribution in [0.3, 0.4) is 0 Å². The molecule has 5 heteroatoms. The van der Waals surface area contributed by atoms with E-state index in [4.69, 9.17) is 10.2 Å². The molecular weight excluding hydrogens is 164 g/mol. The Morgan fingerprint density at radius 3 is 2.08 bits per heavy atom. The number of Topliss-reactive ketones (excluding diaryl/α,β-unsaturated/α-hetero) is 2. The second-order valence-electron chi connectivity index (χ2n) is 2.37. The quantitative estimate of drug-likeness (QED) is 0.541. The predicted octanol–water partition coefficient (Wildman–Crippen LogP) is -0.630. The molecule has 0 rings (SSSR count). The molecule has 68 valence electrons. The number of carbonyl (C=O) groups is 3. The van der Waals surface area contributed by atoms with Crippen LogP contribution in [0.4, 0.5) is 0 Å². The van der Waals surface area contributed by atoms with Crippen LogP contribution in [0.15, 0.2) is 0 Å². The molecule has 2 N–H and O–H groups in total. The summed E-state index contributed by atoms with van der Waals surface area (Å²) in [4.78, 5) is 31.1. The van der Waals surface area contributed by atoms with Gasteiger partial charge in [-0.05, 0) is 6.92 Å². The summed E-state index contributed by atoms with van der Waals surface area (Å²) in [5.41, 5.74) is 0. The van der Waals surface area contributed by atoms with Crippen LogP contribution in [-0.4, -0.2) is 33.9 Å². The van der Waals surface area contributed by atoms with Crippen LogP contribution in [0.1, 0.15) is 19.8 Å². The second-order valence-corrected chi connectivity index (χ2v) is 2.37. The monoisotopic (exact) mass is 174 g/mol. The zero-order valence-corrected chi connectivity index (χ0v) is 6.61. The molecule has 12 heavy (non-hydrogen) atoms. The lowest BCUT2D eigenvalue weighted by Crippen LogP contribution is -2.28. The first kappa shape index (κ1) is 10.8. The first-order chi connectivity index (χ1) is 5.45. The minimum Gasteiger partial charge on any atom is -0.481 e. The van der Waals surface area contributed by atoms with Crippen LogP contribution in [-0.2, 0) is 14.4 Å². The molecule has 0 aromatic rings. The van der Waals surface area contributed by atoms with Gasteiger partial charge in [-0.1, -0.05) is 0 Å². The molecule has 5 nitrogen and oxygen atoms in total. The van der Waals surface area contributed by atoms with E-state index in [0.717, 1.165) is 6.92 Å². The molecule has 0 aromatic carbocycles. The van der Waals surface area contributed by atoms with E-state index in [1.54, 1.807) is 0 Å². The van der Waals surface area contributed by atoms with Crippen molar-refractivity contribution >= 4 is 17.5 Å². The molecule has 0 heterocycles. The van der Waals surface area contributed by atoms with Crippen LogP contribution < -0.4 is 0 Å². The zero-order valence-electron chi connectivity index (χ0n) is 6.61. The summed E-state index contributed by atoms with van der Waals surface area (Å²) in [5.74, 6) is -2.53. The maximum absolute atomic E-state index is 10.8. The molecule has 0 spiro atoms. The van der Waals surface area contributed by atoms with Gasteiger partial charge in [0.15, 0.2) is 17.7 Å². The average molecular weight is 174 g/mol. The summed E-state index contributed by atoms with van der Waals surface area (Å²) in [6.07, 6.45) is -2.33. The lowest BCUT2D eigenvalue weighted by atomic mass is 10.1. The molecule has 0 aromatic heterocycles. The van der Waals surface area contributed by atoms with E-state index in [2.05, 4.69) is 0 Å². The molecule has 0 radical (unpaired) electrons. The Balaban J connectivity index is 3.88. The maximum Gasteiger partial charge on any atom is 0.303 e. The molecule has 1 atom stereocenters. The smallest absolute Gasteiger partial charge is 0.303 e. The standard InChI is InChI=1S/C7H10O5/c1-4(8)7(12)5(9)2-3-6(10)11/h7,12H,2-3H2,1H3,(H,10,11). The number of rotatable bonds is 5. The lowest BCUT2D eigenvalue weighted by molar-refractivity contribution is -0.142. The van der Waals surface area contributed by atoms with Gasteiger partial charge in [0.05, 0.1) is 6.42 Å². The predicted molar refractivity (Wildman–Crippen MR) is 38.6 cm³/mol. The van der Waals surface area contributed by atoms with Crippen LogP contribution in [0.25, 0.3) is 0 Å². The first-order valence-corrected chi connectivity index (χ1v) is 3.38. The molecular formula is C7H10O5. The van der Waals surface area contributed by atoms with Crippen molar-refractivity contribution in [2.75, 3.05) is 0 Å². The summed E-state index contributed by atoms with van der Waals surface area (Å²) in [6, 6.07) is 0. The fraction of sp³-hybridized carbons (Fsp3) is 0.571. The Morgan fingerprint density at radius 2 is 1.75 bits per heavy atom. The van der Waals surface area contributed by atoms with Gasteiger partial charge in [0.2, 0.25) is 0 Å². The number of carbonyl (C=O) groups excluding carboxylic acids is 2. The molecule has 0 fully saturated rings. The Kier molecular flexibility index (Phi) is 4.14. The third kappa shape index (κ3) is 3.82. The minimum atomic E-state index is -1.66. The third-order valence-corrected chi connectivity index (χ3v) is 1.28. The zero-order chi connectivity index (χ0) is 9.72. The first-order valence-electron chi connectivity index (χ1n) is 3.38. The van der Waals surface area contributed by atoms with Gasteiger partial charge < -0.3 is 10.2 Å². The number of aliphatic hydroxyl groups is 1. The molecule has 0 amide bonds. The van der Waals surface area contributed by atoms with E-state index in [1.165, 1.54) is 0 Å². The van der Waals surface area contributed by atoms with E-state index >= 15 is 0 Å². The van der Waals surface area contributed by atoms with Gasteiger partial charge in [-0.15, -0.1) is 0 Å². The fourth-order valence-electron chi connectivity index (χ4n) is 0.594. The SMILES string of the molecule is CC(=O)C(O)C(=O)CCC(=O)O. The van der Waals surface area contributed by atoms with E-state index < -0.39 is 23.6 Å². The van der Waals surface area contributed by atoms with Crippen molar-refractivity contribution in [1.29, 1.82) is 0 Å². The van der Waals surface area contributed by atoms with Crippen LogP contribution in [0.5, 0.6) is 0 Å². The van der Waals surface area contributed by atoms with Crippen LogP contribution >= 0.6 is 0 Å². The van der Waals surface area contributed by atoms with Gasteiger partial charge in [-0.2, -0.15) is 0 Å². The summed E-state index contributed by atoms with van der Waals surface area (Å²) in [7, 11) is 0. The second kappa shape index (κ2) is 4.61. The number of ketones is 2. The van der Waals surface area contributed by atoms with Crippen LogP contribution in [0, 0.1) is 0 Å². The van der Waals surface area contributed by atoms with Gasteiger partial charge in [-0.25, -0.2) is 0 Å². The van der Waals surface area contributed by atoms with Crippen molar-refractivity contribution in [3.05, 3.63) is 0 Å². The molecule has 0 saturated carbocycles. The number of aliphatic carboxylic acids is 1. The van der Waals surface area contributed by atoms with Crippen molar-refractivity contribution in [3.8, 4) is 0 Å². The number of aliphatic hydroxyl groups excluding tert-OH is 1. The highest BCUT2D eigenvalue weighted by Gasteiger charge is 2.19. The minimum absolute atomic E-state index is 0.309. The van der Waals surface area contributed by atoms with Crippen molar-refractivity contribution < 1.29 is 24.6 Å². The highest BCUT2D eigenvalue weighted by molar-refractivity contribution is 6.04. The van der Waals surface area contributed by atoms with Gasteiger partial charge in [0.25, 0.3) is 0 Å². The normalized spacial score (nSPS) is 12.2. The summed E-state index contributed by atoms with van der Waals surface area (Å²) in [5, 5.41) is 17.0.